The van der Waals surface area contributed by atoms with Gasteiger partial charge >= 0.3 is 0 Å². The van der Waals surface area contributed by atoms with Gasteiger partial charge in [0, 0.05) is 38.8 Å². The molecule has 3 rings (SSSR count). The highest BCUT2D eigenvalue weighted by molar-refractivity contribution is 6.04. The summed E-state index contributed by atoms with van der Waals surface area (Å²) in [4.78, 5) is 44.6. The number of hydrogen-bond acceptors (Lipinski definition) is 4. The second-order valence-electron chi connectivity index (χ2n) is 7.43. The van der Waals surface area contributed by atoms with Crippen molar-refractivity contribution in [3.05, 3.63) is 58.4 Å². The lowest BCUT2D eigenvalue weighted by Crippen LogP contribution is -2.50. The van der Waals surface area contributed by atoms with E-state index in [9.17, 15) is 14.4 Å². The van der Waals surface area contributed by atoms with E-state index in [0.29, 0.717) is 26.2 Å². The summed E-state index contributed by atoms with van der Waals surface area (Å²) >= 11 is 0. The van der Waals surface area contributed by atoms with Crippen molar-refractivity contribution in [2.45, 2.75) is 27.7 Å². The van der Waals surface area contributed by atoms with Crippen molar-refractivity contribution in [3.8, 4) is 0 Å². The lowest BCUT2D eigenvalue weighted by molar-refractivity contribution is -0.130. The molecule has 1 aliphatic rings. The number of pyridine rings is 1. The Bertz CT molecular complexity index is 939. The molecular weight excluding hydrogens is 368 g/mol. The van der Waals surface area contributed by atoms with E-state index in [-0.39, 0.29) is 29.1 Å². The van der Waals surface area contributed by atoms with Crippen LogP contribution in [0.2, 0.25) is 0 Å². The smallest absolute Gasteiger partial charge is 0.274 e. The predicted molar refractivity (Wildman–Crippen MR) is 111 cm³/mol. The van der Waals surface area contributed by atoms with Crippen LogP contribution in [0.15, 0.2) is 30.3 Å². The maximum atomic E-state index is 12.8. The summed E-state index contributed by atoms with van der Waals surface area (Å²) in [6.45, 7) is 9.36. The molecule has 29 heavy (non-hydrogen) atoms. The molecule has 0 aliphatic carbocycles. The molecule has 152 valence electrons. The molecule has 1 fully saturated rings. The number of carbonyl (C=O) groups excluding carboxylic acids is 3. The first-order chi connectivity index (χ1) is 13.8. The number of amides is 3. The highest BCUT2D eigenvalue weighted by Crippen LogP contribution is 2.22. The number of carbonyl (C=O) groups is 3. The van der Waals surface area contributed by atoms with Crippen molar-refractivity contribution in [3.63, 3.8) is 0 Å². The van der Waals surface area contributed by atoms with Crippen molar-refractivity contribution < 1.29 is 14.4 Å². The zero-order chi connectivity index (χ0) is 21.1. The maximum Gasteiger partial charge on any atom is 0.274 e. The van der Waals surface area contributed by atoms with Gasteiger partial charge in [-0.25, -0.2) is 4.98 Å². The number of aryl methyl sites for hydroxylation is 3. The minimum atomic E-state index is -0.351. The summed E-state index contributed by atoms with van der Waals surface area (Å²) < 4.78 is 0. The van der Waals surface area contributed by atoms with Gasteiger partial charge in [0.05, 0.1) is 0 Å². The third-order valence-electron chi connectivity index (χ3n) is 5.13. The Kier molecular flexibility index (Phi) is 5.96. The SMILES string of the molecule is CC(=O)N1CCN(C(=O)c2cccc(C(=O)Nc3c(C)cc(C)cc3C)n2)CC1. The highest BCUT2D eigenvalue weighted by Gasteiger charge is 2.24. The average Bonchev–Trinajstić information content (AvgIpc) is 2.70. The fourth-order valence-electron chi connectivity index (χ4n) is 3.62. The Hall–Kier alpha value is -3.22. The zero-order valence-corrected chi connectivity index (χ0v) is 17.3. The van der Waals surface area contributed by atoms with Gasteiger partial charge in [-0.15, -0.1) is 0 Å². The van der Waals surface area contributed by atoms with Gasteiger partial charge in [-0.3, -0.25) is 14.4 Å². The van der Waals surface area contributed by atoms with E-state index in [1.54, 1.807) is 28.0 Å². The van der Waals surface area contributed by atoms with Gasteiger partial charge in [0.25, 0.3) is 11.8 Å². The van der Waals surface area contributed by atoms with Crippen molar-refractivity contribution in [2.24, 2.45) is 0 Å². The number of rotatable bonds is 3. The maximum absolute atomic E-state index is 12.8. The first-order valence-electron chi connectivity index (χ1n) is 9.67. The number of nitrogens with one attached hydrogen (secondary N) is 1. The van der Waals surface area contributed by atoms with E-state index in [4.69, 9.17) is 0 Å². The molecule has 3 amide bonds. The van der Waals surface area contributed by atoms with E-state index in [1.165, 1.54) is 6.92 Å². The average molecular weight is 394 g/mol. The number of nitrogens with zero attached hydrogens (tertiary/aromatic N) is 3. The normalized spacial score (nSPS) is 13.9. The second-order valence-corrected chi connectivity index (χ2v) is 7.43. The van der Waals surface area contributed by atoms with Crippen LogP contribution in [0.3, 0.4) is 0 Å². The summed E-state index contributed by atoms with van der Waals surface area (Å²) in [6, 6.07) is 8.89. The van der Waals surface area contributed by atoms with Gasteiger partial charge in [0.2, 0.25) is 5.91 Å². The number of hydrogen-bond donors (Lipinski definition) is 1. The van der Waals surface area contributed by atoms with Crippen LogP contribution in [0.4, 0.5) is 5.69 Å². The highest BCUT2D eigenvalue weighted by atomic mass is 16.2. The van der Waals surface area contributed by atoms with E-state index < -0.39 is 0 Å². The van der Waals surface area contributed by atoms with E-state index >= 15 is 0 Å². The van der Waals surface area contributed by atoms with Crippen LogP contribution in [0, 0.1) is 20.8 Å². The molecule has 1 aromatic heterocycles. The first kappa shape index (κ1) is 20.5. The molecule has 0 spiro atoms. The van der Waals surface area contributed by atoms with Crippen LogP contribution < -0.4 is 5.32 Å². The van der Waals surface area contributed by atoms with Crippen LogP contribution in [-0.2, 0) is 4.79 Å². The second kappa shape index (κ2) is 8.43. The van der Waals surface area contributed by atoms with Gasteiger partial charge in [-0.1, -0.05) is 23.8 Å². The summed E-state index contributed by atoms with van der Waals surface area (Å²) in [5.74, 6) is -0.572. The van der Waals surface area contributed by atoms with Crippen LogP contribution >= 0.6 is 0 Å². The number of benzene rings is 1. The minimum Gasteiger partial charge on any atom is -0.339 e. The van der Waals surface area contributed by atoms with Gasteiger partial charge in [-0.05, 0) is 44.0 Å². The molecule has 1 saturated heterocycles. The first-order valence-corrected chi connectivity index (χ1v) is 9.67. The van der Waals surface area contributed by atoms with Gasteiger partial charge < -0.3 is 15.1 Å². The van der Waals surface area contributed by atoms with Crippen molar-refractivity contribution >= 4 is 23.4 Å². The largest absolute Gasteiger partial charge is 0.339 e. The van der Waals surface area contributed by atoms with Crippen molar-refractivity contribution in [1.29, 1.82) is 0 Å². The third-order valence-corrected chi connectivity index (χ3v) is 5.13. The predicted octanol–water partition coefficient (Wildman–Crippen LogP) is 2.56. The Morgan fingerprint density at radius 3 is 2.03 bits per heavy atom. The van der Waals surface area contributed by atoms with Crippen molar-refractivity contribution in [1.82, 2.24) is 14.8 Å². The molecular formula is C22H26N4O3. The van der Waals surface area contributed by atoms with E-state index in [1.807, 2.05) is 32.9 Å². The third kappa shape index (κ3) is 4.62. The molecule has 0 radical (unpaired) electrons. The Labute approximate surface area is 170 Å². The summed E-state index contributed by atoms with van der Waals surface area (Å²) in [5, 5.41) is 2.92. The molecule has 2 aromatic rings. The molecule has 1 aromatic carbocycles. The van der Waals surface area contributed by atoms with E-state index in [0.717, 1.165) is 22.4 Å². The standard InChI is InChI=1S/C22H26N4O3/c1-14-12-15(2)20(16(3)13-14)24-21(28)18-6-5-7-19(23-18)22(29)26-10-8-25(9-11-26)17(4)27/h5-7,12-13H,8-11H2,1-4H3,(H,24,28). The van der Waals surface area contributed by atoms with Crippen LogP contribution in [0.1, 0.15) is 44.6 Å². The van der Waals surface area contributed by atoms with Gasteiger partial charge in [-0.2, -0.15) is 0 Å². The fraction of sp³-hybridized carbons (Fsp3) is 0.364. The van der Waals surface area contributed by atoms with Crippen molar-refractivity contribution in [2.75, 3.05) is 31.5 Å². The molecule has 1 aliphatic heterocycles. The quantitative estimate of drug-likeness (QED) is 0.867. The van der Waals surface area contributed by atoms with Crippen LogP contribution in [-0.4, -0.2) is 58.7 Å². The lowest BCUT2D eigenvalue weighted by atomic mass is 10.0. The summed E-state index contributed by atoms with van der Waals surface area (Å²) in [6.07, 6.45) is 0. The lowest BCUT2D eigenvalue weighted by Gasteiger charge is -2.34. The molecule has 0 bridgehead atoms. The summed E-state index contributed by atoms with van der Waals surface area (Å²) in [7, 11) is 0. The molecule has 1 N–H and O–H groups in total. The molecule has 7 nitrogen and oxygen atoms in total. The van der Waals surface area contributed by atoms with Gasteiger partial charge in [0.15, 0.2) is 0 Å². The molecule has 0 atom stereocenters. The molecule has 2 heterocycles. The zero-order valence-electron chi connectivity index (χ0n) is 17.3. The van der Waals surface area contributed by atoms with E-state index in [2.05, 4.69) is 10.3 Å². The fourth-order valence-corrected chi connectivity index (χ4v) is 3.62. The number of aromatic nitrogens is 1. The number of piperazine rings is 1. The number of anilines is 1. The monoisotopic (exact) mass is 394 g/mol. The van der Waals surface area contributed by atoms with Crippen LogP contribution in [0.5, 0.6) is 0 Å². The summed E-state index contributed by atoms with van der Waals surface area (Å²) in [5.41, 5.74) is 4.27. The molecule has 0 unspecified atom stereocenters. The topological polar surface area (TPSA) is 82.6 Å². The Morgan fingerprint density at radius 1 is 0.897 bits per heavy atom. The Morgan fingerprint density at radius 2 is 1.45 bits per heavy atom. The van der Waals surface area contributed by atoms with Gasteiger partial charge in [0.1, 0.15) is 11.4 Å². The minimum absolute atomic E-state index is 0.00980. The molecule has 7 heteroatoms. The molecule has 0 saturated carbocycles. The Balaban J connectivity index is 1.73. The van der Waals surface area contributed by atoms with Crippen LogP contribution in [0.25, 0.3) is 0 Å².